The zero-order chi connectivity index (χ0) is 12.9. The molecule has 0 saturated carbocycles. The number of hydrogen-bond donors (Lipinski definition) is 1. The fourth-order valence-corrected chi connectivity index (χ4v) is 1.53. The van der Waals surface area contributed by atoms with Crippen molar-refractivity contribution < 1.29 is 13.2 Å². The van der Waals surface area contributed by atoms with E-state index in [4.69, 9.17) is 0 Å². The Bertz CT molecular complexity index is 511. The van der Waals surface area contributed by atoms with E-state index in [1.165, 1.54) is 24.7 Å². The summed E-state index contributed by atoms with van der Waals surface area (Å²) in [5, 5.41) is 3.63. The van der Waals surface area contributed by atoms with Crippen LogP contribution in [0.4, 0.5) is 0 Å². The van der Waals surface area contributed by atoms with Crippen molar-refractivity contribution in [1.82, 2.24) is 15.3 Å². The van der Waals surface area contributed by atoms with E-state index in [1.54, 1.807) is 6.92 Å². The summed E-state index contributed by atoms with van der Waals surface area (Å²) in [7, 11) is -3.18. The molecule has 0 aliphatic heterocycles. The predicted molar refractivity (Wildman–Crippen MR) is 62.9 cm³/mol. The number of hydrogen-bond acceptors (Lipinski definition) is 5. The molecule has 1 aromatic rings. The highest BCUT2D eigenvalue weighted by molar-refractivity contribution is 7.93. The summed E-state index contributed by atoms with van der Waals surface area (Å²) in [6.45, 7) is 1.66. The van der Waals surface area contributed by atoms with E-state index >= 15 is 0 Å². The van der Waals surface area contributed by atoms with E-state index < -0.39 is 21.8 Å². The van der Waals surface area contributed by atoms with Crippen molar-refractivity contribution >= 4 is 15.7 Å². The Labute approximate surface area is 99.7 Å². The average Bonchev–Trinajstić information content (AvgIpc) is 2.27. The van der Waals surface area contributed by atoms with E-state index in [2.05, 4.69) is 15.3 Å². The molecule has 0 unspecified atom stereocenters. The van der Waals surface area contributed by atoms with Gasteiger partial charge >= 0.3 is 0 Å². The van der Waals surface area contributed by atoms with Gasteiger partial charge in [0.1, 0.15) is 5.69 Å². The monoisotopic (exact) mass is 255 g/mol. The van der Waals surface area contributed by atoms with E-state index in [9.17, 15) is 13.2 Å². The van der Waals surface area contributed by atoms with Gasteiger partial charge in [-0.05, 0) is 6.92 Å². The molecule has 1 rings (SSSR count). The molecule has 0 aliphatic rings. The Balaban J connectivity index is 2.62. The van der Waals surface area contributed by atoms with Crippen LogP contribution >= 0.6 is 0 Å². The van der Waals surface area contributed by atoms with Crippen molar-refractivity contribution in [2.75, 3.05) is 6.26 Å². The molecule has 0 bridgehead atoms. The molecule has 0 aromatic carbocycles. The molecule has 1 N–H and O–H groups in total. The van der Waals surface area contributed by atoms with Crippen molar-refractivity contribution in [3.8, 4) is 0 Å². The van der Waals surface area contributed by atoms with Crippen LogP contribution in [0.5, 0.6) is 0 Å². The number of carbonyl (C=O) groups excluding carboxylic acids is 1. The Kier molecular flexibility index (Phi) is 4.33. The number of carbonyl (C=O) groups is 1. The minimum Gasteiger partial charge on any atom is -0.345 e. The predicted octanol–water partition coefficient (Wildman–Crippen LogP) is 0.153. The highest BCUT2D eigenvalue weighted by Gasteiger charge is 2.09. The Morgan fingerprint density at radius 1 is 1.47 bits per heavy atom. The van der Waals surface area contributed by atoms with Gasteiger partial charge in [-0.15, -0.1) is 0 Å². The second-order valence-corrected chi connectivity index (χ2v) is 5.44. The SMILES string of the molecule is C[C@H](/C=C/S(C)(=O)=O)NC(=O)c1cnccn1. The molecule has 7 heteroatoms. The summed E-state index contributed by atoms with van der Waals surface area (Å²) in [6.07, 6.45) is 6.68. The summed E-state index contributed by atoms with van der Waals surface area (Å²) < 4.78 is 21.7. The van der Waals surface area contributed by atoms with Crippen LogP contribution in [0, 0.1) is 0 Å². The standard InChI is InChI=1S/C10H13N3O3S/c1-8(3-6-17(2,15)16)13-10(14)9-7-11-4-5-12-9/h3-8H,1-2H3,(H,13,14)/b6-3+/t8-/m1/s1. The zero-order valence-corrected chi connectivity index (χ0v) is 10.3. The van der Waals surface area contributed by atoms with Gasteiger partial charge in [-0.25, -0.2) is 13.4 Å². The molecule has 17 heavy (non-hydrogen) atoms. The number of nitrogens with one attached hydrogen (secondary N) is 1. The molecule has 0 spiro atoms. The highest BCUT2D eigenvalue weighted by Crippen LogP contribution is 1.94. The lowest BCUT2D eigenvalue weighted by atomic mass is 10.3. The Morgan fingerprint density at radius 2 is 2.18 bits per heavy atom. The lowest BCUT2D eigenvalue weighted by Crippen LogP contribution is -2.31. The van der Waals surface area contributed by atoms with Crippen LogP contribution in [0.3, 0.4) is 0 Å². The average molecular weight is 255 g/mol. The Morgan fingerprint density at radius 3 is 2.71 bits per heavy atom. The second-order valence-electron chi connectivity index (χ2n) is 3.51. The topological polar surface area (TPSA) is 89.0 Å². The molecule has 0 aliphatic carbocycles. The molecule has 6 nitrogen and oxygen atoms in total. The number of aromatic nitrogens is 2. The van der Waals surface area contributed by atoms with Crippen LogP contribution in [0.1, 0.15) is 17.4 Å². The lowest BCUT2D eigenvalue weighted by molar-refractivity contribution is 0.0941. The molecule has 1 heterocycles. The third kappa shape index (κ3) is 5.21. The first-order chi connectivity index (χ1) is 7.88. The van der Waals surface area contributed by atoms with E-state index in [1.807, 2.05) is 0 Å². The van der Waals surface area contributed by atoms with Crippen molar-refractivity contribution in [1.29, 1.82) is 0 Å². The fraction of sp³-hybridized carbons (Fsp3) is 0.300. The van der Waals surface area contributed by atoms with Crippen LogP contribution in [-0.2, 0) is 9.84 Å². The zero-order valence-electron chi connectivity index (χ0n) is 9.49. The van der Waals surface area contributed by atoms with Gasteiger partial charge in [-0.1, -0.05) is 6.08 Å². The molecule has 0 fully saturated rings. The van der Waals surface area contributed by atoms with Gasteiger partial charge in [-0.2, -0.15) is 0 Å². The van der Waals surface area contributed by atoms with Crippen molar-refractivity contribution in [2.45, 2.75) is 13.0 Å². The smallest absolute Gasteiger partial charge is 0.271 e. The van der Waals surface area contributed by atoms with Crippen LogP contribution in [0.15, 0.2) is 30.1 Å². The molecule has 1 amide bonds. The van der Waals surface area contributed by atoms with E-state index in [-0.39, 0.29) is 5.69 Å². The first-order valence-corrected chi connectivity index (χ1v) is 6.79. The minimum absolute atomic E-state index is 0.187. The number of sulfone groups is 1. The summed E-state index contributed by atoms with van der Waals surface area (Å²) >= 11 is 0. The maximum atomic E-state index is 11.6. The number of rotatable bonds is 4. The van der Waals surface area contributed by atoms with E-state index in [0.29, 0.717) is 0 Å². The first kappa shape index (κ1) is 13.3. The molecule has 1 atom stereocenters. The van der Waals surface area contributed by atoms with Crippen LogP contribution in [-0.4, -0.2) is 36.6 Å². The minimum atomic E-state index is -3.18. The maximum absolute atomic E-state index is 11.6. The molecule has 92 valence electrons. The van der Waals surface area contributed by atoms with Gasteiger partial charge in [0.15, 0.2) is 9.84 Å². The van der Waals surface area contributed by atoms with Crippen LogP contribution in [0.25, 0.3) is 0 Å². The van der Waals surface area contributed by atoms with Crippen molar-refractivity contribution in [3.05, 3.63) is 35.8 Å². The van der Waals surface area contributed by atoms with Gasteiger partial charge in [0.25, 0.3) is 5.91 Å². The van der Waals surface area contributed by atoms with Gasteiger partial charge in [-0.3, -0.25) is 9.78 Å². The summed E-state index contributed by atoms with van der Waals surface area (Å²) in [6, 6.07) is -0.403. The third-order valence-electron chi connectivity index (χ3n) is 1.77. The highest BCUT2D eigenvalue weighted by atomic mass is 32.2. The quantitative estimate of drug-likeness (QED) is 0.827. The van der Waals surface area contributed by atoms with Crippen molar-refractivity contribution in [2.24, 2.45) is 0 Å². The van der Waals surface area contributed by atoms with Gasteiger partial charge < -0.3 is 5.32 Å². The lowest BCUT2D eigenvalue weighted by Gasteiger charge is -2.08. The van der Waals surface area contributed by atoms with Crippen LogP contribution in [0.2, 0.25) is 0 Å². The second kappa shape index (κ2) is 5.53. The number of amides is 1. The molecule has 0 radical (unpaired) electrons. The number of nitrogens with zero attached hydrogens (tertiary/aromatic N) is 2. The van der Waals surface area contributed by atoms with E-state index in [0.717, 1.165) is 11.7 Å². The summed E-state index contributed by atoms with van der Waals surface area (Å²) in [5.74, 6) is -0.399. The molecular weight excluding hydrogens is 242 g/mol. The van der Waals surface area contributed by atoms with Crippen LogP contribution < -0.4 is 5.32 Å². The van der Waals surface area contributed by atoms with Crippen molar-refractivity contribution in [3.63, 3.8) is 0 Å². The van der Waals surface area contributed by atoms with Gasteiger partial charge in [0, 0.05) is 30.1 Å². The molecule has 0 saturated heterocycles. The normalized spacial score (nSPS) is 13.5. The molecule has 1 aromatic heterocycles. The first-order valence-electron chi connectivity index (χ1n) is 4.83. The maximum Gasteiger partial charge on any atom is 0.271 e. The summed E-state index contributed by atoms with van der Waals surface area (Å²) in [5.41, 5.74) is 0.187. The third-order valence-corrected chi connectivity index (χ3v) is 2.42. The molecular formula is C10H13N3O3S. The fourth-order valence-electron chi connectivity index (χ4n) is 1.01. The van der Waals surface area contributed by atoms with Gasteiger partial charge in [0.05, 0.1) is 6.20 Å². The summed E-state index contributed by atoms with van der Waals surface area (Å²) in [4.78, 5) is 19.2. The largest absolute Gasteiger partial charge is 0.345 e. The Hall–Kier alpha value is -1.76. The van der Waals surface area contributed by atoms with Gasteiger partial charge in [0.2, 0.25) is 0 Å².